The van der Waals surface area contributed by atoms with Crippen molar-refractivity contribution in [2.45, 2.75) is 19.5 Å². The maximum atomic E-state index is 12.5. The van der Waals surface area contributed by atoms with Crippen LogP contribution in [-0.2, 0) is 19.5 Å². The van der Waals surface area contributed by atoms with E-state index in [1.807, 2.05) is 24.3 Å². The number of benzene rings is 2. The van der Waals surface area contributed by atoms with Gasteiger partial charge in [0.1, 0.15) is 11.1 Å². The largest absolute Gasteiger partial charge is 0.312 e. The monoisotopic (exact) mass is 373 g/mol. The molecule has 5 heteroatoms. The van der Waals surface area contributed by atoms with Crippen LogP contribution in [0.4, 0.5) is 5.00 Å². The van der Waals surface area contributed by atoms with Gasteiger partial charge < -0.3 is 5.32 Å². The first-order valence-corrected chi connectivity index (χ1v) is 9.73. The second-order valence-electron chi connectivity index (χ2n) is 6.59. The molecule has 3 aromatic rings. The molecule has 0 atom stereocenters. The highest BCUT2D eigenvalue weighted by Crippen LogP contribution is 2.37. The molecule has 0 saturated heterocycles. The summed E-state index contributed by atoms with van der Waals surface area (Å²) in [5, 5.41) is 13.2. The number of anilines is 1. The Bertz CT molecular complexity index is 990. The molecule has 0 aliphatic carbocycles. The molecule has 2 aromatic carbocycles. The van der Waals surface area contributed by atoms with Crippen LogP contribution in [0.2, 0.25) is 0 Å². The Morgan fingerprint density at radius 3 is 2.52 bits per heavy atom. The fraction of sp³-hybridized carbons (Fsp3) is 0.182. The first-order valence-electron chi connectivity index (χ1n) is 8.92. The van der Waals surface area contributed by atoms with Gasteiger partial charge in [-0.25, -0.2) is 0 Å². The average Bonchev–Trinajstić information content (AvgIpc) is 3.05. The zero-order valence-corrected chi connectivity index (χ0v) is 15.6. The van der Waals surface area contributed by atoms with Crippen LogP contribution in [0.5, 0.6) is 0 Å². The van der Waals surface area contributed by atoms with Crippen LogP contribution >= 0.6 is 11.3 Å². The molecule has 1 aliphatic heterocycles. The molecule has 27 heavy (non-hydrogen) atoms. The maximum absolute atomic E-state index is 12.5. The molecule has 4 rings (SSSR count). The van der Waals surface area contributed by atoms with Crippen molar-refractivity contribution in [2.75, 3.05) is 11.9 Å². The lowest BCUT2D eigenvalue weighted by atomic mass is 10.0. The van der Waals surface area contributed by atoms with Crippen LogP contribution in [0.25, 0.3) is 0 Å². The third kappa shape index (κ3) is 3.77. The zero-order valence-electron chi connectivity index (χ0n) is 14.8. The summed E-state index contributed by atoms with van der Waals surface area (Å²) < 4.78 is 0. The number of nitrogens with zero attached hydrogens (tertiary/aromatic N) is 2. The van der Waals surface area contributed by atoms with E-state index in [1.54, 1.807) is 12.1 Å². The number of nitriles is 1. The van der Waals surface area contributed by atoms with E-state index in [2.05, 4.69) is 40.6 Å². The predicted octanol–water partition coefficient (Wildman–Crippen LogP) is 4.43. The highest BCUT2D eigenvalue weighted by Gasteiger charge is 2.25. The highest BCUT2D eigenvalue weighted by molar-refractivity contribution is 7.16. The predicted molar refractivity (Wildman–Crippen MR) is 108 cm³/mol. The summed E-state index contributed by atoms with van der Waals surface area (Å²) in [5.74, 6) is -0.174. The van der Waals surface area contributed by atoms with E-state index in [9.17, 15) is 10.1 Å². The van der Waals surface area contributed by atoms with Gasteiger partial charge in [0.15, 0.2) is 0 Å². The second kappa shape index (κ2) is 7.75. The van der Waals surface area contributed by atoms with E-state index in [0.29, 0.717) is 16.1 Å². The van der Waals surface area contributed by atoms with E-state index in [1.165, 1.54) is 21.8 Å². The van der Waals surface area contributed by atoms with Crippen molar-refractivity contribution in [3.8, 4) is 6.07 Å². The number of carbonyl (C=O) groups excluding carboxylic acids is 1. The van der Waals surface area contributed by atoms with Crippen molar-refractivity contribution in [1.82, 2.24) is 4.90 Å². The molecule has 1 amide bonds. The van der Waals surface area contributed by atoms with Crippen molar-refractivity contribution in [1.29, 1.82) is 5.26 Å². The van der Waals surface area contributed by atoms with E-state index >= 15 is 0 Å². The number of nitrogens with one attached hydrogen (secondary N) is 1. The molecule has 1 aliphatic rings. The molecule has 1 aromatic heterocycles. The minimum atomic E-state index is -0.174. The van der Waals surface area contributed by atoms with Gasteiger partial charge in [0, 0.05) is 30.1 Å². The number of carbonyl (C=O) groups is 1. The summed E-state index contributed by atoms with van der Waals surface area (Å²) in [6.45, 7) is 2.62. The Morgan fingerprint density at radius 1 is 1.11 bits per heavy atom. The van der Waals surface area contributed by atoms with E-state index in [-0.39, 0.29) is 5.91 Å². The molecular formula is C22H19N3OS. The zero-order chi connectivity index (χ0) is 18.6. The molecule has 0 unspecified atom stereocenters. The van der Waals surface area contributed by atoms with Crippen LogP contribution in [0.15, 0.2) is 60.7 Å². The van der Waals surface area contributed by atoms with E-state index in [0.717, 1.165) is 31.6 Å². The summed E-state index contributed by atoms with van der Waals surface area (Å²) in [6.07, 6.45) is 0.836. The van der Waals surface area contributed by atoms with Gasteiger partial charge in [-0.3, -0.25) is 9.69 Å². The standard InChI is InChI=1S/C22H19N3OS/c23-13-19-18-11-12-25(14-16-7-3-1-4-8-16)15-20(18)27-22(19)24-21(26)17-9-5-2-6-10-17/h1-10H,11-12,14-15H2,(H,24,26). The fourth-order valence-electron chi connectivity index (χ4n) is 3.40. The van der Waals surface area contributed by atoms with Crippen molar-refractivity contribution in [2.24, 2.45) is 0 Å². The van der Waals surface area contributed by atoms with Crippen molar-refractivity contribution < 1.29 is 4.79 Å². The first-order chi connectivity index (χ1) is 13.2. The maximum Gasteiger partial charge on any atom is 0.256 e. The SMILES string of the molecule is N#Cc1c(NC(=O)c2ccccc2)sc2c1CCN(Cc1ccccc1)C2. The minimum absolute atomic E-state index is 0.174. The normalized spacial score (nSPS) is 13.6. The smallest absolute Gasteiger partial charge is 0.256 e. The summed E-state index contributed by atoms with van der Waals surface area (Å²) in [6, 6.07) is 21.8. The second-order valence-corrected chi connectivity index (χ2v) is 7.69. The Morgan fingerprint density at radius 2 is 1.81 bits per heavy atom. The third-order valence-corrected chi connectivity index (χ3v) is 5.89. The van der Waals surface area contributed by atoms with Gasteiger partial charge in [0.2, 0.25) is 0 Å². The molecule has 0 radical (unpaired) electrons. The average molecular weight is 373 g/mol. The van der Waals surface area contributed by atoms with Crippen LogP contribution in [0.1, 0.15) is 31.9 Å². The van der Waals surface area contributed by atoms with Crippen LogP contribution < -0.4 is 5.32 Å². The van der Waals surface area contributed by atoms with Crippen LogP contribution in [-0.4, -0.2) is 17.4 Å². The number of thiophene rings is 1. The topological polar surface area (TPSA) is 56.1 Å². The molecular weight excluding hydrogens is 354 g/mol. The third-order valence-electron chi connectivity index (χ3n) is 4.76. The van der Waals surface area contributed by atoms with Gasteiger partial charge in [0.05, 0.1) is 5.56 Å². The first kappa shape index (κ1) is 17.5. The molecule has 0 bridgehead atoms. The van der Waals surface area contributed by atoms with Gasteiger partial charge in [0.25, 0.3) is 5.91 Å². The summed E-state index contributed by atoms with van der Waals surface area (Å²) in [4.78, 5) is 16.0. The van der Waals surface area contributed by atoms with E-state index in [4.69, 9.17) is 0 Å². The van der Waals surface area contributed by atoms with Crippen LogP contribution in [0.3, 0.4) is 0 Å². The lowest BCUT2D eigenvalue weighted by Gasteiger charge is -2.26. The molecule has 0 fully saturated rings. The Labute approximate surface area is 162 Å². The van der Waals surface area contributed by atoms with Crippen LogP contribution in [0, 0.1) is 11.3 Å². The van der Waals surface area contributed by atoms with Gasteiger partial charge in [-0.1, -0.05) is 48.5 Å². The summed E-state index contributed by atoms with van der Waals surface area (Å²) in [7, 11) is 0. The molecule has 0 saturated carbocycles. The van der Waals surface area contributed by atoms with Gasteiger partial charge in [-0.05, 0) is 29.7 Å². The Kier molecular flexibility index (Phi) is 5.01. The quantitative estimate of drug-likeness (QED) is 0.736. The van der Waals surface area contributed by atoms with Crippen molar-refractivity contribution in [3.63, 3.8) is 0 Å². The number of fused-ring (bicyclic) bond motifs is 1. The number of hydrogen-bond acceptors (Lipinski definition) is 4. The van der Waals surface area contributed by atoms with Gasteiger partial charge in [-0.2, -0.15) is 5.26 Å². The lowest BCUT2D eigenvalue weighted by Crippen LogP contribution is -2.29. The molecule has 134 valence electrons. The van der Waals surface area contributed by atoms with Gasteiger partial charge in [-0.15, -0.1) is 11.3 Å². The lowest BCUT2D eigenvalue weighted by molar-refractivity contribution is 0.102. The van der Waals surface area contributed by atoms with Gasteiger partial charge >= 0.3 is 0 Å². The highest BCUT2D eigenvalue weighted by atomic mass is 32.1. The van der Waals surface area contributed by atoms with E-state index < -0.39 is 0 Å². The fourth-order valence-corrected chi connectivity index (χ4v) is 4.64. The minimum Gasteiger partial charge on any atom is -0.312 e. The van der Waals surface area contributed by atoms with Crippen molar-refractivity contribution >= 4 is 22.2 Å². The molecule has 4 nitrogen and oxygen atoms in total. The molecule has 0 spiro atoms. The number of rotatable bonds is 4. The summed E-state index contributed by atoms with van der Waals surface area (Å²) >= 11 is 1.53. The Hall–Kier alpha value is -2.94. The molecule has 2 heterocycles. The van der Waals surface area contributed by atoms with Crippen molar-refractivity contribution in [3.05, 3.63) is 87.8 Å². The number of amides is 1. The molecule has 1 N–H and O–H groups in total. The number of hydrogen-bond donors (Lipinski definition) is 1. The summed E-state index contributed by atoms with van der Waals surface area (Å²) in [5.41, 5.74) is 3.60. The Balaban J connectivity index is 1.53.